The van der Waals surface area contributed by atoms with E-state index in [1.807, 2.05) is 35.1 Å². The number of benzene rings is 1. The molecule has 1 atom stereocenters. The maximum absolute atomic E-state index is 13.5. The summed E-state index contributed by atoms with van der Waals surface area (Å²) in [5.41, 5.74) is 1.59. The van der Waals surface area contributed by atoms with Crippen molar-refractivity contribution in [3.63, 3.8) is 0 Å². The molecule has 1 saturated heterocycles. The summed E-state index contributed by atoms with van der Waals surface area (Å²) in [6.45, 7) is 1.60. The highest BCUT2D eigenvalue weighted by molar-refractivity contribution is 5.91. The second-order valence-corrected chi connectivity index (χ2v) is 7.22. The first kappa shape index (κ1) is 15.4. The van der Waals surface area contributed by atoms with Gasteiger partial charge in [-0.1, -0.05) is 12.1 Å². The largest absolute Gasteiger partial charge is 0.342 e. The van der Waals surface area contributed by atoms with Crippen LogP contribution in [0.1, 0.15) is 30.4 Å². The molecular weight excluding hydrogens is 305 g/mol. The average Bonchev–Trinajstić information content (AvgIpc) is 3.09. The van der Waals surface area contributed by atoms with Gasteiger partial charge in [0.1, 0.15) is 5.82 Å². The van der Waals surface area contributed by atoms with Gasteiger partial charge in [0.25, 0.3) is 0 Å². The molecule has 126 valence electrons. The molecule has 0 bridgehead atoms. The van der Waals surface area contributed by atoms with Crippen LogP contribution in [0.25, 0.3) is 0 Å². The summed E-state index contributed by atoms with van der Waals surface area (Å²) in [6.07, 6.45) is 7.60. The Labute approximate surface area is 141 Å². The lowest BCUT2D eigenvalue weighted by Crippen LogP contribution is -2.38. The van der Waals surface area contributed by atoms with Crippen molar-refractivity contribution in [1.29, 1.82) is 0 Å². The fraction of sp³-hybridized carbons (Fsp3) is 0.474. The lowest BCUT2D eigenvalue weighted by Gasteiger charge is -2.23. The molecule has 1 aromatic heterocycles. The van der Waals surface area contributed by atoms with Gasteiger partial charge in [-0.05, 0) is 54.9 Å². The van der Waals surface area contributed by atoms with E-state index in [9.17, 15) is 9.18 Å². The van der Waals surface area contributed by atoms with E-state index in [-0.39, 0.29) is 11.7 Å². The van der Waals surface area contributed by atoms with Gasteiger partial charge < -0.3 is 4.90 Å². The van der Waals surface area contributed by atoms with Crippen molar-refractivity contribution >= 4 is 5.91 Å². The number of hydrogen-bond donors (Lipinski definition) is 0. The van der Waals surface area contributed by atoms with Gasteiger partial charge in [0, 0.05) is 26.3 Å². The van der Waals surface area contributed by atoms with E-state index in [0.717, 1.165) is 44.3 Å². The van der Waals surface area contributed by atoms with Crippen LogP contribution >= 0.6 is 0 Å². The molecule has 1 aliphatic carbocycles. The Hall–Kier alpha value is -2.17. The average molecular weight is 327 g/mol. The van der Waals surface area contributed by atoms with E-state index in [2.05, 4.69) is 5.10 Å². The standard InChI is InChI=1S/C19H22FN3O/c1-22-12-15(11-21-22)9-14-5-8-23(13-14)18(24)19(6-7-19)16-3-2-4-17(20)10-16/h2-4,10-12,14H,5-9,13H2,1H3. The molecule has 0 spiro atoms. The highest BCUT2D eigenvalue weighted by Crippen LogP contribution is 2.50. The minimum absolute atomic E-state index is 0.182. The number of halogens is 1. The van der Waals surface area contributed by atoms with Crippen LogP contribution in [0.2, 0.25) is 0 Å². The first-order valence-corrected chi connectivity index (χ1v) is 8.60. The molecule has 24 heavy (non-hydrogen) atoms. The summed E-state index contributed by atoms with van der Waals surface area (Å²) in [4.78, 5) is 15.0. The summed E-state index contributed by atoms with van der Waals surface area (Å²) < 4.78 is 15.4. The Morgan fingerprint density at radius 1 is 1.42 bits per heavy atom. The number of aromatic nitrogens is 2. The second-order valence-electron chi connectivity index (χ2n) is 7.22. The van der Waals surface area contributed by atoms with Crippen LogP contribution in [0, 0.1) is 11.7 Å². The van der Waals surface area contributed by atoms with Gasteiger partial charge in [-0.2, -0.15) is 5.10 Å². The third-order valence-electron chi connectivity index (χ3n) is 5.39. The molecule has 2 aromatic rings. The highest BCUT2D eigenvalue weighted by atomic mass is 19.1. The van der Waals surface area contributed by atoms with Crippen molar-refractivity contribution in [1.82, 2.24) is 14.7 Å². The summed E-state index contributed by atoms with van der Waals surface area (Å²) in [7, 11) is 1.92. The number of nitrogens with zero attached hydrogens (tertiary/aromatic N) is 3. The van der Waals surface area contributed by atoms with Gasteiger partial charge in [0.15, 0.2) is 0 Å². The number of aryl methyl sites for hydroxylation is 1. The molecule has 2 heterocycles. The maximum Gasteiger partial charge on any atom is 0.233 e. The first-order chi connectivity index (χ1) is 11.6. The Balaban J connectivity index is 1.44. The molecule has 2 aliphatic rings. The highest BCUT2D eigenvalue weighted by Gasteiger charge is 2.53. The fourth-order valence-electron chi connectivity index (χ4n) is 3.93. The van der Waals surface area contributed by atoms with E-state index < -0.39 is 5.41 Å². The van der Waals surface area contributed by atoms with Crippen molar-refractivity contribution in [2.24, 2.45) is 13.0 Å². The van der Waals surface area contributed by atoms with Crippen molar-refractivity contribution in [3.8, 4) is 0 Å². The lowest BCUT2D eigenvalue weighted by atomic mass is 9.94. The fourth-order valence-corrected chi connectivity index (χ4v) is 3.93. The van der Waals surface area contributed by atoms with Crippen molar-refractivity contribution in [2.75, 3.05) is 13.1 Å². The molecule has 2 fully saturated rings. The third kappa shape index (κ3) is 2.72. The molecule has 0 radical (unpaired) electrons. The van der Waals surface area contributed by atoms with Crippen LogP contribution in [0.5, 0.6) is 0 Å². The summed E-state index contributed by atoms with van der Waals surface area (Å²) in [5.74, 6) is 0.408. The number of amides is 1. The van der Waals surface area contributed by atoms with Crippen molar-refractivity contribution < 1.29 is 9.18 Å². The molecular formula is C19H22FN3O. The molecule has 4 rings (SSSR count). The molecule has 1 aromatic carbocycles. The van der Waals surface area contributed by atoms with Crippen LogP contribution in [-0.4, -0.2) is 33.7 Å². The van der Waals surface area contributed by atoms with Gasteiger partial charge in [-0.3, -0.25) is 9.48 Å². The topological polar surface area (TPSA) is 38.1 Å². The lowest BCUT2D eigenvalue weighted by molar-refractivity contribution is -0.133. The number of likely N-dealkylation sites (tertiary alicyclic amines) is 1. The molecule has 1 unspecified atom stereocenters. The molecule has 1 saturated carbocycles. The van der Waals surface area contributed by atoms with E-state index in [4.69, 9.17) is 0 Å². The summed E-state index contributed by atoms with van der Waals surface area (Å²) in [5, 5.41) is 4.21. The number of carbonyl (C=O) groups is 1. The Morgan fingerprint density at radius 2 is 2.25 bits per heavy atom. The van der Waals surface area contributed by atoms with Gasteiger partial charge in [-0.15, -0.1) is 0 Å². The van der Waals surface area contributed by atoms with Gasteiger partial charge in [-0.25, -0.2) is 4.39 Å². The number of rotatable bonds is 4. The molecule has 1 aliphatic heterocycles. The predicted octanol–water partition coefficient (Wildman–Crippen LogP) is 2.68. The minimum Gasteiger partial charge on any atom is -0.342 e. The van der Waals surface area contributed by atoms with Gasteiger partial charge in [0.05, 0.1) is 11.6 Å². The zero-order valence-corrected chi connectivity index (χ0v) is 13.9. The van der Waals surface area contributed by atoms with Crippen LogP contribution < -0.4 is 0 Å². The summed E-state index contributed by atoms with van der Waals surface area (Å²) in [6, 6.07) is 6.54. The SMILES string of the molecule is Cn1cc(CC2CCN(C(=O)C3(c4cccc(F)c4)CC3)C2)cn1. The Kier molecular flexibility index (Phi) is 3.66. The molecule has 4 nitrogen and oxygen atoms in total. The maximum atomic E-state index is 13.5. The quantitative estimate of drug-likeness (QED) is 0.866. The zero-order valence-electron chi connectivity index (χ0n) is 13.9. The first-order valence-electron chi connectivity index (χ1n) is 8.60. The molecule has 0 N–H and O–H groups in total. The second kappa shape index (κ2) is 5.72. The van der Waals surface area contributed by atoms with Crippen LogP contribution in [0.4, 0.5) is 4.39 Å². The smallest absolute Gasteiger partial charge is 0.233 e. The van der Waals surface area contributed by atoms with E-state index in [1.54, 1.807) is 6.07 Å². The van der Waals surface area contributed by atoms with Gasteiger partial charge >= 0.3 is 0 Å². The van der Waals surface area contributed by atoms with Gasteiger partial charge in [0.2, 0.25) is 5.91 Å². The third-order valence-corrected chi connectivity index (χ3v) is 5.39. The Morgan fingerprint density at radius 3 is 2.92 bits per heavy atom. The normalized spacial score (nSPS) is 21.9. The monoisotopic (exact) mass is 327 g/mol. The number of carbonyl (C=O) groups excluding carboxylic acids is 1. The molecule has 1 amide bonds. The minimum atomic E-state index is -0.467. The molecule has 5 heteroatoms. The van der Waals surface area contributed by atoms with Crippen LogP contribution in [0.3, 0.4) is 0 Å². The zero-order chi connectivity index (χ0) is 16.7. The predicted molar refractivity (Wildman–Crippen MR) is 88.9 cm³/mol. The van der Waals surface area contributed by atoms with Crippen LogP contribution in [-0.2, 0) is 23.7 Å². The van der Waals surface area contributed by atoms with Crippen molar-refractivity contribution in [3.05, 3.63) is 53.6 Å². The van der Waals surface area contributed by atoms with E-state index >= 15 is 0 Å². The summed E-state index contributed by atoms with van der Waals surface area (Å²) >= 11 is 0. The van der Waals surface area contributed by atoms with E-state index in [1.165, 1.54) is 17.7 Å². The van der Waals surface area contributed by atoms with E-state index in [0.29, 0.717) is 5.92 Å². The Bertz CT molecular complexity index is 765. The number of hydrogen-bond acceptors (Lipinski definition) is 2. The van der Waals surface area contributed by atoms with Crippen molar-refractivity contribution in [2.45, 2.75) is 31.1 Å². The van der Waals surface area contributed by atoms with Crippen LogP contribution in [0.15, 0.2) is 36.7 Å².